The van der Waals surface area contributed by atoms with E-state index in [1.807, 2.05) is 25.7 Å². The summed E-state index contributed by atoms with van der Waals surface area (Å²) in [6.45, 7) is 10.7. The van der Waals surface area contributed by atoms with E-state index in [1.54, 1.807) is 0 Å². The second-order valence-electron chi connectivity index (χ2n) is 5.96. The number of rotatable bonds is 1. The Bertz CT molecular complexity index is 259. The molecule has 0 aromatic heterocycles. The zero-order chi connectivity index (χ0) is 12.5. The smallest absolute Gasteiger partial charge is 0.240 e. The first-order valence-corrected chi connectivity index (χ1v) is 5.98. The molecule has 0 aromatic rings. The Morgan fingerprint density at radius 2 is 1.94 bits per heavy atom. The van der Waals surface area contributed by atoms with Crippen LogP contribution < -0.4 is 5.73 Å². The molecule has 1 aliphatic heterocycles. The van der Waals surface area contributed by atoms with E-state index in [1.165, 1.54) is 0 Å². The summed E-state index contributed by atoms with van der Waals surface area (Å²) in [7, 11) is 2.09. The number of hydrogen-bond acceptors (Lipinski definition) is 3. The molecule has 0 spiro atoms. The Morgan fingerprint density at radius 3 is 2.38 bits per heavy atom. The first kappa shape index (κ1) is 13.5. The number of amides is 1. The third-order valence-corrected chi connectivity index (χ3v) is 3.47. The van der Waals surface area contributed by atoms with Gasteiger partial charge in [0, 0.05) is 25.7 Å². The lowest BCUT2D eigenvalue weighted by molar-refractivity contribution is -0.137. The number of nitrogens with two attached hydrogens (primary N) is 1. The lowest BCUT2D eigenvalue weighted by Gasteiger charge is -2.40. The van der Waals surface area contributed by atoms with Crippen LogP contribution in [0.25, 0.3) is 0 Å². The molecule has 1 saturated heterocycles. The fourth-order valence-corrected chi connectivity index (χ4v) is 1.82. The van der Waals surface area contributed by atoms with Crippen LogP contribution in [0, 0.1) is 5.41 Å². The Kier molecular flexibility index (Phi) is 3.97. The van der Waals surface area contributed by atoms with Crippen LogP contribution in [0.15, 0.2) is 0 Å². The van der Waals surface area contributed by atoms with Crippen LogP contribution in [0.1, 0.15) is 27.7 Å². The summed E-state index contributed by atoms with van der Waals surface area (Å²) in [5.74, 6) is 0.0902. The molecule has 0 radical (unpaired) electrons. The van der Waals surface area contributed by atoms with E-state index in [9.17, 15) is 4.79 Å². The van der Waals surface area contributed by atoms with Gasteiger partial charge in [-0.05, 0) is 19.4 Å². The van der Waals surface area contributed by atoms with Gasteiger partial charge in [0.15, 0.2) is 0 Å². The lowest BCUT2D eigenvalue weighted by atomic mass is 9.86. The summed E-state index contributed by atoms with van der Waals surface area (Å²) < 4.78 is 0. The Balaban J connectivity index is 2.62. The lowest BCUT2D eigenvalue weighted by Crippen LogP contribution is -2.58. The van der Waals surface area contributed by atoms with E-state index in [2.05, 4.69) is 18.9 Å². The highest BCUT2D eigenvalue weighted by molar-refractivity contribution is 5.82. The quantitative estimate of drug-likeness (QED) is 0.710. The van der Waals surface area contributed by atoms with Crippen LogP contribution in [0.3, 0.4) is 0 Å². The Hall–Kier alpha value is -0.610. The maximum Gasteiger partial charge on any atom is 0.240 e. The van der Waals surface area contributed by atoms with E-state index in [0.29, 0.717) is 6.04 Å². The van der Waals surface area contributed by atoms with E-state index in [4.69, 9.17) is 5.73 Å². The molecule has 1 amide bonds. The molecular formula is C12H25N3O. The van der Waals surface area contributed by atoms with E-state index in [0.717, 1.165) is 19.6 Å². The van der Waals surface area contributed by atoms with Gasteiger partial charge in [-0.3, -0.25) is 4.79 Å². The zero-order valence-corrected chi connectivity index (χ0v) is 11.2. The van der Waals surface area contributed by atoms with Gasteiger partial charge in [-0.25, -0.2) is 0 Å². The zero-order valence-electron chi connectivity index (χ0n) is 11.2. The van der Waals surface area contributed by atoms with Gasteiger partial charge in [-0.2, -0.15) is 0 Å². The summed E-state index contributed by atoms with van der Waals surface area (Å²) in [5.41, 5.74) is 5.84. The van der Waals surface area contributed by atoms with Crippen LogP contribution >= 0.6 is 0 Å². The molecule has 0 saturated carbocycles. The molecule has 0 aliphatic carbocycles. The third-order valence-electron chi connectivity index (χ3n) is 3.47. The monoisotopic (exact) mass is 227 g/mol. The molecule has 4 heteroatoms. The molecule has 1 unspecified atom stereocenters. The number of likely N-dealkylation sites (N-methyl/N-ethyl adjacent to an activating group) is 1. The van der Waals surface area contributed by atoms with Gasteiger partial charge in [-0.15, -0.1) is 0 Å². The number of piperazine rings is 1. The van der Waals surface area contributed by atoms with Crippen LogP contribution in [0.4, 0.5) is 0 Å². The van der Waals surface area contributed by atoms with Crippen molar-refractivity contribution in [1.29, 1.82) is 0 Å². The van der Waals surface area contributed by atoms with Crippen molar-refractivity contribution in [3.63, 3.8) is 0 Å². The summed E-state index contributed by atoms with van der Waals surface area (Å²) in [4.78, 5) is 16.4. The molecule has 94 valence electrons. The van der Waals surface area contributed by atoms with Crippen molar-refractivity contribution in [3.05, 3.63) is 0 Å². The molecule has 1 rings (SSSR count). The van der Waals surface area contributed by atoms with Crippen LogP contribution in [0.2, 0.25) is 0 Å². The van der Waals surface area contributed by atoms with Crippen molar-refractivity contribution < 1.29 is 4.79 Å². The number of hydrogen-bond donors (Lipinski definition) is 1. The van der Waals surface area contributed by atoms with Gasteiger partial charge in [0.2, 0.25) is 5.91 Å². The van der Waals surface area contributed by atoms with Crippen molar-refractivity contribution >= 4 is 5.91 Å². The van der Waals surface area contributed by atoms with Gasteiger partial charge >= 0.3 is 0 Å². The second-order valence-corrected chi connectivity index (χ2v) is 5.96. The Labute approximate surface area is 98.8 Å². The summed E-state index contributed by atoms with van der Waals surface area (Å²) in [5, 5.41) is 0. The first-order valence-electron chi connectivity index (χ1n) is 5.98. The van der Waals surface area contributed by atoms with Gasteiger partial charge < -0.3 is 15.5 Å². The molecule has 2 atom stereocenters. The van der Waals surface area contributed by atoms with Crippen molar-refractivity contribution in [2.24, 2.45) is 11.1 Å². The average molecular weight is 227 g/mol. The molecule has 0 aromatic carbocycles. The number of carbonyl (C=O) groups excluding carboxylic acids is 1. The normalized spacial score (nSPS) is 25.6. The molecule has 16 heavy (non-hydrogen) atoms. The van der Waals surface area contributed by atoms with Crippen molar-refractivity contribution in [1.82, 2.24) is 9.80 Å². The van der Waals surface area contributed by atoms with E-state index < -0.39 is 6.04 Å². The minimum absolute atomic E-state index is 0.0902. The molecule has 4 nitrogen and oxygen atoms in total. The first-order chi connectivity index (χ1) is 7.23. The SMILES string of the molecule is CC1CN(C(=O)[C@H](N)C(C)(C)C)CCN1C. The maximum absolute atomic E-state index is 12.2. The molecule has 0 bridgehead atoms. The molecule has 2 N–H and O–H groups in total. The molecule has 1 aliphatic rings. The third kappa shape index (κ3) is 2.95. The topological polar surface area (TPSA) is 49.6 Å². The predicted octanol–water partition coefficient (Wildman–Crippen LogP) is 0.522. The average Bonchev–Trinajstić information content (AvgIpc) is 2.18. The highest BCUT2D eigenvalue weighted by atomic mass is 16.2. The van der Waals surface area contributed by atoms with Crippen molar-refractivity contribution in [2.45, 2.75) is 39.8 Å². The van der Waals surface area contributed by atoms with Crippen LogP contribution in [0.5, 0.6) is 0 Å². The summed E-state index contributed by atoms with van der Waals surface area (Å²) in [6.07, 6.45) is 0. The van der Waals surface area contributed by atoms with Crippen LogP contribution in [-0.4, -0.2) is 54.5 Å². The number of carbonyl (C=O) groups is 1. The maximum atomic E-state index is 12.2. The number of nitrogens with zero attached hydrogens (tertiary/aromatic N) is 2. The highest BCUT2D eigenvalue weighted by Crippen LogP contribution is 2.20. The standard InChI is InChI=1S/C12H25N3O/c1-9-8-15(7-6-14(9)5)11(16)10(13)12(2,3)4/h9-10H,6-8,13H2,1-5H3/t9?,10-/m0/s1. The van der Waals surface area contributed by atoms with E-state index >= 15 is 0 Å². The largest absolute Gasteiger partial charge is 0.338 e. The fraction of sp³-hybridized carbons (Fsp3) is 0.917. The second kappa shape index (κ2) is 4.72. The van der Waals surface area contributed by atoms with Gasteiger partial charge in [0.05, 0.1) is 6.04 Å². The highest BCUT2D eigenvalue weighted by Gasteiger charge is 2.33. The Morgan fingerprint density at radius 1 is 1.38 bits per heavy atom. The minimum Gasteiger partial charge on any atom is -0.338 e. The summed E-state index contributed by atoms with van der Waals surface area (Å²) >= 11 is 0. The van der Waals surface area contributed by atoms with Crippen LogP contribution in [-0.2, 0) is 4.79 Å². The molecule has 1 heterocycles. The summed E-state index contributed by atoms with van der Waals surface area (Å²) in [6, 6.07) is 0.0213. The predicted molar refractivity (Wildman–Crippen MR) is 66.1 cm³/mol. The van der Waals surface area contributed by atoms with Gasteiger partial charge in [-0.1, -0.05) is 20.8 Å². The van der Waals surface area contributed by atoms with Crippen molar-refractivity contribution in [3.8, 4) is 0 Å². The molecular weight excluding hydrogens is 202 g/mol. The molecule has 1 fully saturated rings. The fourth-order valence-electron chi connectivity index (χ4n) is 1.82. The van der Waals surface area contributed by atoms with E-state index in [-0.39, 0.29) is 11.3 Å². The van der Waals surface area contributed by atoms with Gasteiger partial charge in [0.25, 0.3) is 0 Å². The minimum atomic E-state index is -0.400. The van der Waals surface area contributed by atoms with Crippen molar-refractivity contribution in [2.75, 3.05) is 26.7 Å². The van der Waals surface area contributed by atoms with Gasteiger partial charge in [0.1, 0.15) is 0 Å².